The normalized spacial score (nSPS) is 19.4. The smallest absolute Gasteiger partial charge is 0.322 e. The van der Waals surface area contributed by atoms with Crippen molar-refractivity contribution >= 4 is 23.7 Å². The molecule has 0 unspecified atom stereocenters. The third-order valence-corrected chi connectivity index (χ3v) is 2.97. The molecule has 8 heteroatoms. The fourth-order valence-corrected chi connectivity index (χ4v) is 1.87. The Morgan fingerprint density at radius 2 is 2.05 bits per heavy atom. The number of carbonyl (C=O) groups excluding carboxylic acids is 3. The van der Waals surface area contributed by atoms with Crippen LogP contribution in [-0.2, 0) is 19.2 Å². The summed E-state index contributed by atoms with van der Waals surface area (Å²) in [6.07, 6.45) is 0.682. The molecule has 4 N–H and O–H groups in total. The highest BCUT2D eigenvalue weighted by Gasteiger charge is 2.31. The molecule has 0 saturated carbocycles. The molecule has 0 radical (unpaired) electrons. The summed E-state index contributed by atoms with van der Waals surface area (Å²) in [5, 5.41) is 15.8. The van der Waals surface area contributed by atoms with Crippen LogP contribution in [0.5, 0.6) is 0 Å². The largest absolute Gasteiger partial charge is 0.480 e. The number of nitrogens with one attached hydrogen (secondary N) is 3. The van der Waals surface area contributed by atoms with E-state index in [4.69, 9.17) is 5.11 Å². The van der Waals surface area contributed by atoms with E-state index in [-0.39, 0.29) is 18.2 Å². The fourth-order valence-electron chi connectivity index (χ4n) is 1.87. The Labute approximate surface area is 116 Å². The molecule has 1 heterocycles. The predicted octanol–water partition coefficient (Wildman–Crippen LogP) is -1.39. The van der Waals surface area contributed by atoms with E-state index in [9.17, 15) is 19.2 Å². The lowest BCUT2D eigenvalue weighted by atomic mass is 10.0. The van der Waals surface area contributed by atoms with Gasteiger partial charge < -0.3 is 21.1 Å². The van der Waals surface area contributed by atoms with Crippen LogP contribution >= 0.6 is 0 Å². The molecule has 1 aliphatic heterocycles. The van der Waals surface area contributed by atoms with Gasteiger partial charge in [0.05, 0.1) is 0 Å². The lowest BCUT2D eigenvalue weighted by Gasteiger charge is -2.23. The van der Waals surface area contributed by atoms with Gasteiger partial charge in [-0.2, -0.15) is 0 Å². The van der Waals surface area contributed by atoms with E-state index >= 15 is 0 Å². The van der Waals surface area contributed by atoms with E-state index < -0.39 is 36.4 Å². The van der Waals surface area contributed by atoms with Gasteiger partial charge in [-0.15, -0.1) is 0 Å². The summed E-state index contributed by atoms with van der Waals surface area (Å²) in [5.74, 6) is -2.54. The van der Waals surface area contributed by atoms with Crippen LogP contribution in [0.2, 0.25) is 0 Å². The Kier molecular flexibility index (Phi) is 5.48. The third-order valence-electron chi connectivity index (χ3n) is 2.97. The SMILES string of the molecule is CC(C)[C@H](NC(=O)[C@@H]1CCC(=O)N1)C(=O)NCC(=O)O. The maximum Gasteiger partial charge on any atom is 0.322 e. The molecule has 1 rings (SSSR count). The second kappa shape index (κ2) is 6.88. The van der Waals surface area contributed by atoms with Crippen LogP contribution in [0.25, 0.3) is 0 Å². The number of carboxylic acid groups (broad SMARTS) is 1. The summed E-state index contributed by atoms with van der Waals surface area (Å²) in [6.45, 7) is 2.97. The molecular weight excluding hydrogens is 266 g/mol. The number of carbonyl (C=O) groups is 4. The van der Waals surface area contributed by atoms with Crippen LogP contribution in [0.3, 0.4) is 0 Å². The standard InChI is InChI=1S/C12H19N3O5/c1-6(2)10(12(20)13-5-9(17)18)15-11(19)7-3-4-8(16)14-7/h6-7,10H,3-5H2,1-2H3,(H,13,20)(H,14,16)(H,15,19)(H,17,18)/t7-,10-/m0/s1. The number of aliphatic carboxylic acids is 1. The maximum atomic E-state index is 11.9. The molecule has 0 spiro atoms. The number of amides is 3. The van der Waals surface area contributed by atoms with Gasteiger partial charge >= 0.3 is 5.97 Å². The zero-order valence-corrected chi connectivity index (χ0v) is 11.4. The van der Waals surface area contributed by atoms with Crippen LogP contribution in [0.15, 0.2) is 0 Å². The minimum Gasteiger partial charge on any atom is -0.480 e. The van der Waals surface area contributed by atoms with E-state index in [1.54, 1.807) is 13.8 Å². The minimum absolute atomic E-state index is 0.193. The van der Waals surface area contributed by atoms with Crippen LogP contribution in [-0.4, -0.2) is 47.4 Å². The quantitative estimate of drug-likeness (QED) is 0.478. The molecule has 1 aliphatic rings. The zero-order chi connectivity index (χ0) is 15.3. The number of hydrogen-bond donors (Lipinski definition) is 4. The molecule has 8 nitrogen and oxygen atoms in total. The predicted molar refractivity (Wildman–Crippen MR) is 68.6 cm³/mol. The number of carboxylic acids is 1. The first kappa shape index (κ1) is 15.9. The summed E-state index contributed by atoms with van der Waals surface area (Å²) in [6, 6.07) is -1.46. The van der Waals surface area contributed by atoms with Crippen LogP contribution in [0, 0.1) is 5.92 Å². The van der Waals surface area contributed by atoms with Gasteiger partial charge in [0.1, 0.15) is 18.6 Å². The molecule has 0 aromatic carbocycles. The Morgan fingerprint density at radius 3 is 2.50 bits per heavy atom. The van der Waals surface area contributed by atoms with Crippen molar-refractivity contribution in [1.82, 2.24) is 16.0 Å². The second-order valence-corrected chi connectivity index (χ2v) is 5.00. The summed E-state index contributed by atoms with van der Waals surface area (Å²) in [7, 11) is 0. The lowest BCUT2D eigenvalue weighted by Crippen LogP contribution is -2.54. The molecule has 2 atom stereocenters. The second-order valence-electron chi connectivity index (χ2n) is 5.00. The highest BCUT2D eigenvalue weighted by molar-refractivity contribution is 5.94. The first-order valence-corrected chi connectivity index (χ1v) is 6.40. The highest BCUT2D eigenvalue weighted by atomic mass is 16.4. The molecule has 3 amide bonds. The third kappa shape index (κ3) is 4.52. The number of rotatable bonds is 6. The summed E-state index contributed by atoms with van der Waals surface area (Å²) < 4.78 is 0. The average Bonchev–Trinajstić information content (AvgIpc) is 2.79. The highest BCUT2D eigenvalue weighted by Crippen LogP contribution is 2.08. The van der Waals surface area contributed by atoms with Gasteiger partial charge in [-0.3, -0.25) is 19.2 Å². The van der Waals surface area contributed by atoms with E-state index in [0.29, 0.717) is 6.42 Å². The van der Waals surface area contributed by atoms with Crippen LogP contribution in [0.4, 0.5) is 0 Å². The molecule has 0 bridgehead atoms. The molecule has 0 aromatic rings. The average molecular weight is 285 g/mol. The maximum absolute atomic E-state index is 11.9. The Hall–Kier alpha value is -2.12. The first-order valence-electron chi connectivity index (χ1n) is 6.40. The minimum atomic E-state index is -1.16. The van der Waals surface area contributed by atoms with Crippen molar-refractivity contribution in [2.24, 2.45) is 5.92 Å². The van der Waals surface area contributed by atoms with Crippen LogP contribution < -0.4 is 16.0 Å². The van der Waals surface area contributed by atoms with Crippen molar-refractivity contribution in [2.45, 2.75) is 38.8 Å². The monoisotopic (exact) mass is 285 g/mol. The first-order chi connectivity index (χ1) is 9.31. The van der Waals surface area contributed by atoms with Crippen molar-refractivity contribution < 1.29 is 24.3 Å². The van der Waals surface area contributed by atoms with Crippen LogP contribution in [0.1, 0.15) is 26.7 Å². The van der Waals surface area contributed by atoms with Crippen molar-refractivity contribution in [3.05, 3.63) is 0 Å². The van der Waals surface area contributed by atoms with Crippen molar-refractivity contribution in [3.8, 4) is 0 Å². The summed E-state index contributed by atoms with van der Waals surface area (Å²) in [4.78, 5) is 45.2. The van der Waals surface area contributed by atoms with E-state index in [1.807, 2.05) is 0 Å². The molecule has 20 heavy (non-hydrogen) atoms. The van der Waals surface area contributed by atoms with Gasteiger partial charge in [-0.25, -0.2) is 0 Å². The van der Waals surface area contributed by atoms with Gasteiger partial charge in [0.15, 0.2) is 0 Å². The lowest BCUT2D eigenvalue weighted by molar-refractivity contribution is -0.138. The van der Waals surface area contributed by atoms with Gasteiger partial charge in [0.25, 0.3) is 0 Å². The zero-order valence-electron chi connectivity index (χ0n) is 11.4. The Bertz CT molecular complexity index is 421. The van der Waals surface area contributed by atoms with E-state index in [1.165, 1.54) is 0 Å². The van der Waals surface area contributed by atoms with Crippen molar-refractivity contribution in [1.29, 1.82) is 0 Å². The summed E-state index contributed by atoms with van der Waals surface area (Å²) >= 11 is 0. The molecular formula is C12H19N3O5. The molecule has 1 saturated heterocycles. The topological polar surface area (TPSA) is 125 Å². The fraction of sp³-hybridized carbons (Fsp3) is 0.667. The number of hydrogen-bond acceptors (Lipinski definition) is 4. The van der Waals surface area contributed by atoms with Crippen molar-refractivity contribution in [3.63, 3.8) is 0 Å². The summed E-state index contributed by atoms with van der Waals surface area (Å²) in [5.41, 5.74) is 0. The van der Waals surface area contributed by atoms with E-state index in [2.05, 4.69) is 16.0 Å². The van der Waals surface area contributed by atoms with Gasteiger partial charge in [0.2, 0.25) is 17.7 Å². The van der Waals surface area contributed by atoms with E-state index in [0.717, 1.165) is 0 Å². The Balaban J connectivity index is 2.58. The Morgan fingerprint density at radius 1 is 1.40 bits per heavy atom. The molecule has 0 aliphatic carbocycles. The van der Waals surface area contributed by atoms with Gasteiger partial charge in [0, 0.05) is 6.42 Å². The molecule has 1 fully saturated rings. The van der Waals surface area contributed by atoms with Gasteiger partial charge in [-0.1, -0.05) is 13.8 Å². The van der Waals surface area contributed by atoms with Crippen molar-refractivity contribution in [2.75, 3.05) is 6.54 Å². The van der Waals surface area contributed by atoms with Gasteiger partial charge in [-0.05, 0) is 12.3 Å². The molecule has 0 aromatic heterocycles. The molecule has 112 valence electrons.